The Morgan fingerprint density at radius 2 is 1.78 bits per heavy atom. The van der Waals surface area contributed by atoms with Crippen molar-refractivity contribution < 1.29 is 27.4 Å². The molecule has 6 nitrogen and oxygen atoms in total. The number of rotatable bonds is 4. The van der Waals surface area contributed by atoms with E-state index in [0.717, 1.165) is 24.3 Å². The molecule has 0 fully saturated rings. The van der Waals surface area contributed by atoms with E-state index in [4.69, 9.17) is 4.74 Å². The lowest BCUT2D eigenvalue weighted by atomic mass is 10.2. The summed E-state index contributed by atoms with van der Waals surface area (Å²) in [5.41, 5.74) is 0.111. The summed E-state index contributed by atoms with van der Waals surface area (Å²) in [5.74, 6) is -1.08. The van der Waals surface area contributed by atoms with E-state index in [0.29, 0.717) is 10.9 Å². The van der Waals surface area contributed by atoms with Gasteiger partial charge in [-0.3, -0.25) is 4.79 Å². The van der Waals surface area contributed by atoms with Crippen molar-refractivity contribution in [1.82, 2.24) is 9.97 Å². The Balaban J connectivity index is 1.75. The number of para-hydroxylation sites is 1. The molecule has 140 valence electrons. The molecular formula is C18H13F3N2O4. The number of benzene rings is 2. The van der Waals surface area contributed by atoms with Crippen LogP contribution in [0.4, 0.5) is 13.2 Å². The molecule has 0 radical (unpaired) electrons. The van der Waals surface area contributed by atoms with Crippen molar-refractivity contribution in [1.29, 1.82) is 0 Å². The number of halogens is 3. The van der Waals surface area contributed by atoms with Gasteiger partial charge in [-0.05, 0) is 43.3 Å². The Morgan fingerprint density at radius 3 is 2.44 bits per heavy atom. The maximum absolute atomic E-state index is 12.2. The fourth-order valence-corrected chi connectivity index (χ4v) is 2.37. The normalized spacial score (nSPS) is 12.6. The minimum absolute atomic E-state index is 0.0273. The molecule has 1 heterocycles. The molecule has 0 amide bonds. The van der Waals surface area contributed by atoms with E-state index in [2.05, 4.69) is 14.7 Å². The minimum atomic E-state index is -4.82. The molecule has 1 atom stereocenters. The van der Waals surface area contributed by atoms with Gasteiger partial charge in [0.1, 0.15) is 5.75 Å². The molecule has 0 unspecified atom stereocenters. The first-order chi connectivity index (χ1) is 12.7. The highest BCUT2D eigenvalue weighted by Crippen LogP contribution is 2.23. The highest BCUT2D eigenvalue weighted by molar-refractivity contribution is 5.89. The maximum atomic E-state index is 12.2. The number of carbonyl (C=O) groups excluding carboxylic acids is 1. The third-order valence-corrected chi connectivity index (χ3v) is 3.62. The van der Waals surface area contributed by atoms with Crippen molar-refractivity contribution in [2.24, 2.45) is 0 Å². The number of H-pyrrole nitrogens is 1. The van der Waals surface area contributed by atoms with Gasteiger partial charge in [0.25, 0.3) is 5.56 Å². The molecule has 0 spiro atoms. The standard InChI is InChI=1S/C18H13F3N2O4/c1-10(15-22-14-5-3-2-4-13(14)16(24)23-15)26-17(25)11-6-8-12(9-7-11)27-18(19,20)21/h2-10H,1H3,(H,22,23,24)/t10-/m1/s1. The first kappa shape index (κ1) is 18.4. The second-order valence-corrected chi connectivity index (χ2v) is 5.59. The number of aromatic nitrogens is 2. The Labute approximate surface area is 150 Å². The van der Waals surface area contributed by atoms with Gasteiger partial charge >= 0.3 is 12.3 Å². The molecule has 3 aromatic rings. The highest BCUT2D eigenvalue weighted by atomic mass is 19.4. The third kappa shape index (κ3) is 4.43. The predicted octanol–water partition coefficient (Wildman–Crippen LogP) is 3.74. The molecule has 1 aromatic heterocycles. The van der Waals surface area contributed by atoms with Crippen LogP contribution in [0.5, 0.6) is 5.75 Å². The van der Waals surface area contributed by atoms with Gasteiger partial charge in [0.2, 0.25) is 0 Å². The van der Waals surface area contributed by atoms with E-state index in [1.165, 1.54) is 6.92 Å². The number of fused-ring (bicyclic) bond motifs is 1. The summed E-state index contributed by atoms with van der Waals surface area (Å²) in [6.45, 7) is 1.52. The Hall–Kier alpha value is -3.36. The molecular weight excluding hydrogens is 365 g/mol. The zero-order chi connectivity index (χ0) is 19.6. The van der Waals surface area contributed by atoms with Crippen molar-refractivity contribution in [3.63, 3.8) is 0 Å². The minimum Gasteiger partial charge on any atom is -0.451 e. The lowest BCUT2D eigenvalue weighted by Crippen LogP contribution is -2.18. The van der Waals surface area contributed by atoms with Gasteiger partial charge in [-0.25, -0.2) is 9.78 Å². The zero-order valence-corrected chi connectivity index (χ0v) is 13.9. The van der Waals surface area contributed by atoms with Crippen LogP contribution in [0.1, 0.15) is 29.2 Å². The number of nitrogens with zero attached hydrogens (tertiary/aromatic N) is 1. The van der Waals surface area contributed by atoms with Crippen LogP contribution in [0.15, 0.2) is 53.3 Å². The average Bonchev–Trinajstić information content (AvgIpc) is 2.61. The van der Waals surface area contributed by atoms with Gasteiger partial charge in [0.05, 0.1) is 16.5 Å². The number of hydrogen-bond acceptors (Lipinski definition) is 5. The van der Waals surface area contributed by atoms with Gasteiger partial charge in [0.15, 0.2) is 11.9 Å². The van der Waals surface area contributed by atoms with Crippen molar-refractivity contribution in [3.8, 4) is 5.75 Å². The van der Waals surface area contributed by atoms with E-state index >= 15 is 0 Å². The smallest absolute Gasteiger partial charge is 0.451 e. The topological polar surface area (TPSA) is 81.3 Å². The second kappa shape index (κ2) is 7.10. The first-order valence-electron chi connectivity index (χ1n) is 7.79. The van der Waals surface area contributed by atoms with Crippen molar-refractivity contribution >= 4 is 16.9 Å². The van der Waals surface area contributed by atoms with Crippen LogP contribution in [0.3, 0.4) is 0 Å². The van der Waals surface area contributed by atoms with Crippen LogP contribution in [-0.2, 0) is 4.74 Å². The van der Waals surface area contributed by atoms with Crippen molar-refractivity contribution in [2.45, 2.75) is 19.4 Å². The van der Waals surface area contributed by atoms with Gasteiger partial charge in [-0.1, -0.05) is 12.1 Å². The number of esters is 1. The number of hydrogen-bond donors (Lipinski definition) is 1. The van der Waals surface area contributed by atoms with Gasteiger partial charge in [0, 0.05) is 0 Å². The lowest BCUT2D eigenvalue weighted by molar-refractivity contribution is -0.274. The lowest BCUT2D eigenvalue weighted by Gasteiger charge is -2.13. The number of aromatic amines is 1. The van der Waals surface area contributed by atoms with Gasteiger partial charge in [-0.15, -0.1) is 13.2 Å². The Kier molecular flexibility index (Phi) is 4.85. The summed E-state index contributed by atoms with van der Waals surface area (Å²) in [6, 6.07) is 11.0. The summed E-state index contributed by atoms with van der Waals surface area (Å²) in [7, 11) is 0. The summed E-state index contributed by atoms with van der Waals surface area (Å²) in [5, 5.41) is 0.403. The summed E-state index contributed by atoms with van der Waals surface area (Å²) in [6.07, 6.45) is -5.69. The summed E-state index contributed by atoms with van der Waals surface area (Å²) in [4.78, 5) is 31.1. The molecule has 0 aliphatic carbocycles. The number of alkyl halides is 3. The van der Waals surface area contributed by atoms with Crippen molar-refractivity contribution in [2.75, 3.05) is 0 Å². The van der Waals surface area contributed by atoms with Crippen LogP contribution < -0.4 is 10.3 Å². The molecule has 9 heteroatoms. The van der Waals surface area contributed by atoms with E-state index in [1.54, 1.807) is 24.3 Å². The molecule has 0 aliphatic rings. The van der Waals surface area contributed by atoms with E-state index in [1.807, 2.05) is 0 Å². The maximum Gasteiger partial charge on any atom is 0.573 e. The molecule has 27 heavy (non-hydrogen) atoms. The van der Waals surface area contributed by atoms with Gasteiger partial charge < -0.3 is 14.5 Å². The fraction of sp³-hybridized carbons (Fsp3) is 0.167. The number of ether oxygens (including phenoxy) is 2. The largest absolute Gasteiger partial charge is 0.573 e. The third-order valence-electron chi connectivity index (χ3n) is 3.62. The monoisotopic (exact) mass is 378 g/mol. The van der Waals surface area contributed by atoms with Crippen LogP contribution in [0.25, 0.3) is 10.9 Å². The first-order valence-corrected chi connectivity index (χ1v) is 7.79. The van der Waals surface area contributed by atoms with E-state index in [9.17, 15) is 22.8 Å². The van der Waals surface area contributed by atoms with Crippen LogP contribution in [-0.4, -0.2) is 22.3 Å². The van der Waals surface area contributed by atoms with Crippen LogP contribution in [0.2, 0.25) is 0 Å². The van der Waals surface area contributed by atoms with E-state index < -0.39 is 24.2 Å². The SMILES string of the molecule is C[C@@H](OC(=O)c1ccc(OC(F)(F)F)cc1)c1nc2ccccc2c(=O)[nH]1. The summed E-state index contributed by atoms with van der Waals surface area (Å²) >= 11 is 0. The number of carbonyl (C=O) groups is 1. The number of nitrogens with one attached hydrogen (secondary N) is 1. The molecule has 0 saturated carbocycles. The zero-order valence-electron chi connectivity index (χ0n) is 13.9. The molecule has 0 bridgehead atoms. The van der Waals surface area contributed by atoms with Crippen LogP contribution >= 0.6 is 0 Å². The summed E-state index contributed by atoms with van der Waals surface area (Å²) < 4.78 is 45.4. The van der Waals surface area contributed by atoms with Crippen LogP contribution in [0, 0.1) is 0 Å². The Bertz CT molecular complexity index is 1030. The Morgan fingerprint density at radius 1 is 1.11 bits per heavy atom. The quantitative estimate of drug-likeness (QED) is 0.700. The molecule has 1 N–H and O–H groups in total. The van der Waals surface area contributed by atoms with Gasteiger partial charge in [-0.2, -0.15) is 0 Å². The highest BCUT2D eigenvalue weighted by Gasteiger charge is 2.31. The fourth-order valence-electron chi connectivity index (χ4n) is 2.37. The predicted molar refractivity (Wildman–Crippen MR) is 89.3 cm³/mol. The molecule has 3 rings (SSSR count). The molecule has 2 aromatic carbocycles. The average molecular weight is 378 g/mol. The molecule has 0 saturated heterocycles. The second-order valence-electron chi connectivity index (χ2n) is 5.59. The van der Waals surface area contributed by atoms with Crippen molar-refractivity contribution in [3.05, 3.63) is 70.3 Å². The molecule has 0 aliphatic heterocycles. The van der Waals surface area contributed by atoms with E-state index in [-0.39, 0.29) is 16.9 Å².